The Balaban J connectivity index is 1.50. The van der Waals surface area contributed by atoms with Crippen LogP contribution in [0.1, 0.15) is 42.2 Å². The first kappa shape index (κ1) is 24.1. The van der Waals surface area contributed by atoms with Gasteiger partial charge >= 0.3 is 0 Å². The van der Waals surface area contributed by atoms with Crippen molar-refractivity contribution >= 4 is 56.7 Å². The van der Waals surface area contributed by atoms with E-state index in [-0.39, 0.29) is 11.0 Å². The summed E-state index contributed by atoms with van der Waals surface area (Å²) in [6.07, 6.45) is 0. The second kappa shape index (κ2) is 10.8. The number of carbonyl (C=O) groups excluding carboxylic acids is 3. The molecular formula is C24H21BrN4O3S. The van der Waals surface area contributed by atoms with Gasteiger partial charge in [0.2, 0.25) is 0 Å². The summed E-state index contributed by atoms with van der Waals surface area (Å²) in [5, 5.41) is 5.24. The monoisotopic (exact) mass is 524 g/mol. The van der Waals surface area contributed by atoms with Gasteiger partial charge in [-0.1, -0.05) is 39.7 Å². The first-order valence-corrected chi connectivity index (χ1v) is 11.1. The molecule has 0 aromatic heterocycles. The molecule has 7 nitrogen and oxygen atoms in total. The van der Waals surface area contributed by atoms with Crippen LogP contribution < -0.4 is 21.5 Å². The largest absolute Gasteiger partial charge is 0.322 e. The highest BCUT2D eigenvalue weighted by atomic mass is 79.9. The molecule has 0 heterocycles. The maximum absolute atomic E-state index is 12.3. The number of hydrogen-bond acceptors (Lipinski definition) is 4. The number of thiocarbonyl (C=S) groups is 1. The van der Waals surface area contributed by atoms with Crippen molar-refractivity contribution in [2.24, 2.45) is 0 Å². The van der Waals surface area contributed by atoms with Crippen molar-refractivity contribution < 1.29 is 14.4 Å². The Morgan fingerprint density at radius 2 is 1.42 bits per heavy atom. The third-order valence-electron chi connectivity index (χ3n) is 4.64. The van der Waals surface area contributed by atoms with Crippen LogP contribution >= 0.6 is 28.1 Å². The second-order valence-electron chi connectivity index (χ2n) is 7.23. The van der Waals surface area contributed by atoms with Gasteiger partial charge in [0.25, 0.3) is 17.7 Å². The number of aryl methyl sites for hydroxylation is 2. The van der Waals surface area contributed by atoms with Crippen molar-refractivity contribution in [1.82, 2.24) is 16.2 Å². The molecule has 0 spiro atoms. The van der Waals surface area contributed by atoms with E-state index in [4.69, 9.17) is 12.2 Å². The highest BCUT2D eigenvalue weighted by Crippen LogP contribution is 2.17. The minimum Gasteiger partial charge on any atom is -0.322 e. The lowest BCUT2D eigenvalue weighted by Crippen LogP contribution is -2.48. The van der Waals surface area contributed by atoms with Crippen molar-refractivity contribution in [3.05, 3.63) is 99.0 Å². The fraction of sp³-hybridized carbons (Fsp3) is 0.0833. The zero-order valence-corrected chi connectivity index (χ0v) is 20.3. The summed E-state index contributed by atoms with van der Waals surface area (Å²) in [5.41, 5.74) is 8.78. The first-order chi connectivity index (χ1) is 15.7. The summed E-state index contributed by atoms with van der Waals surface area (Å²) in [7, 11) is 0. The molecule has 0 radical (unpaired) electrons. The van der Waals surface area contributed by atoms with Crippen molar-refractivity contribution in [1.29, 1.82) is 0 Å². The first-order valence-electron chi connectivity index (χ1n) is 9.89. The number of carbonyl (C=O) groups is 3. The van der Waals surface area contributed by atoms with E-state index in [0.29, 0.717) is 22.4 Å². The van der Waals surface area contributed by atoms with Crippen molar-refractivity contribution in [2.75, 3.05) is 5.32 Å². The van der Waals surface area contributed by atoms with E-state index in [9.17, 15) is 14.4 Å². The summed E-state index contributed by atoms with van der Waals surface area (Å²) in [6.45, 7) is 3.83. The van der Waals surface area contributed by atoms with E-state index in [0.717, 1.165) is 15.6 Å². The standard InChI is InChI=1S/C24H21BrN4O3S/c1-14-4-3-5-17(12-14)21(30)26-19-10-8-16(9-11-19)23(32)28-29-24(33)27-22(31)18-7-6-15(2)20(25)13-18/h3-13H,1-2H3,(H,26,30)(H,28,32)(H2,27,29,31,33). The third-order valence-corrected chi connectivity index (χ3v) is 5.69. The van der Waals surface area contributed by atoms with Gasteiger partial charge in [-0.05, 0) is 80.2 Å². The molecule has 33 heavy (non-hydrogen) atoms. The van der Waals surface area contributed by atoms with Crippen molar-refractivity contribution in [3.8, 4) is 0 Å². The normalized spacial score (nSPS) is 10.2. The third kappa shape index (κ3) is 6.71. The van der Waals surface area contributed by atoms with Crippen LogP contribution in [0.4, 0.5) is 5.69 Å². The fourth-order valence-electron chi connectivity index (χ4n) is 2.82. The van der Waals surface area contributed by atoms with Crippen LogP contribution in [-0.2, 0) is 0 Å². The Morgan fingerprint density at radius 1 is 0.758 bits per heavy atom. The molecule has 168 valence electrons. The summed E-state index contributed by atoms with van der Waals surface area (Å²) in [4.78, 5) is 36.9. The molecule has 3 aromatic carbocycles. The van der Waals surface area contributed by atoms with E-state index in [1.807, 2.05) is 32.0 Å². The predicted octanol–water partition coefficient (Wildman–Crippen LogP) is 4.27. The molecule has 0 bridgehead atoms. The highest BCUT2D eigenvalue weighted by Gasteiger charge is 2.11. The van der Waals surface area contributed by atoms with E-state index < -0.39 is 11.8 Å². The molecule has 0 aliphatic rings. The number of nitrogens with one attached hydrogen (secondary N) is 4. The van der Waals surface area contributed by atoms with Gasteiger partial charge in [-0.15, -0.1) is 0 Å². The van der Waals surface area contributed by atoms with Gasteiger partial charge in [0.15, 0.2) is 5.11 Å². The van der Waals surface area contributed by atoms with E-state index in [1.54, 1.807) is 48.5 Å². The van der Waals surface area contributed by atoms with E-state index in [2.05, 4.69) is 37.4 Å². The average Bonchev–Trinajstić information content (AvgIpc) is 2.79. The lowest BCUT2D eigenvalue weighted by atomic mass is 10.1. The topological polar surface area (TPSA) is 99.3 Å². The molecule has 0 fully saturated rings. The van der Waals surface area contributed by atoms with Gasteiger partial charge in [0.05, 0.1) is 0 Å². The summed E-state index contributed by atoms with van der Waals surface area (Å²) in [6, 6.07) is 18.8. The van der Waals surface area contributed by atoms with Crippen LogP contribution in [0.5, 0.6) is 0 Å². The quantitative estimate of drug-likeness (QED) is 0.301. The van der Waals surface area contributed by atoms with Crippen LogP contribution in [0.2, 0.25) is 0 Å². The number of amides is 3. The van der Waals surface area contributed by atoms with Crippen molar-refractivity contribution in [3.63, 3.8) is 0 Å². The molecule has 3 rings (SSSR count). The zero-order valence-electron chi connectivity index (χ0n) is 17.9. The minimum atomic E-state index is -0.457. The molecular weight excluding hydrogens is 504 g/mol. The van der Waals surface area contributed by atoms with Gasteiger partial charge in [-0.2, -0.15) is 0 Å². The molecule has 0 saturated heterocycles. The lowest BCUT2D eigenvalue weighted by Gasteiger charge is -2.12. The molecule has 4 N–H and O–H groups in total. The molecule has 0 atom stereocenters. The van der Waals surface area contributed by atoms with Crippen LogP contribution in [0.15, 0.2) is 71.2 Å². The molecule has 0 aliphatic carbocycles. The maximum atomic E-state index is 12.3. The minimum absolute atomic E-state index is 0.0490. The Kier molecular flexibility index (Phi) is 7.92. The van der Waals surface area contributed by atoms with E-state index in [1.165, 1.54) is 0 Å². The Hall–Kier alpha value is -3.56. The molecule has 0 aliphatic heterocycles. The van der Waals surface area contributed by atoms with Gasteiger partial charge < -0.3 is 5.32 Å². The SMILES string of the molecule is Cc1cccc(C(=O)Nc2ccc(C(=O)NNC(=S)NC(=O)c3ccc(C)c(Br)c3)cc2)c1. The van der Waals surface area contributed by atoms with Gasteiger partial charge in [0, 0.05) is 26.9 Å². The molecule has 3 aromatic rings. The van der Waals surface area contributed by atoms with Crippen LogP contribution in [0, 0.1) is 13.8 Å². The van der Waals surface area contributed by atoms with Crippen molar-refractivity contribution in [2.45, 2.75) is 13.8 Å². The van der Waals surface area contributed by atoms with E-state index >= 15 is 0 Å². The summed E-state index contributed by atoms with van der Waals surface area (Å²) in [5.74, 6) is -1.10. The molecule has 0 saturated carbocycles. The Bertz CT molecular complexity index is 1230. The number of rotatable bonds is 4. The maximum Gasteiger partial charge on any atom is 0.269 e. The Labute approximate surface area is 205 Å². The number of hydrogen-bond donors (Lipinski definition) is 4. The summed E-state index contributed by atoms with van der Waals surface area (Å²) < 4.78 is 0.806. The van der Waals surface area contributed by atoms with Crippen LogP contribution in [0.3, 0.4) is 0 Å². The molecule has 0 unspecified atom stereocenters. The summed E-state index contributed by atoms with van der Waals surface area (Å²) >= 11 is 8.44. The molecule has 3 amide bonds. The van der Waals surface area contributed by atoms with Gasteiger partial charge in [-0.3, -0.25) is 30.6 Å². The van der Waals surface area contributed by atoms with Gasteiger partial charge in [-0.25, -0.2) is 0 Å². The average molecular weight is 525 g/mol. The second-order valence-corrected chi connectivity index (χ2v) is 8.49. The predicted molar refractivity (Wildman–Crippen MR) is 135 cm³/mol. The Morgan fingerprint density at radius 3 is 2.09 bits per heavy atom. The zero-order chi connectivity index (χ0) is 24.0. The van der Waals surface area contributed by atoms with Crippen LogP contribution in [0.25, 0.3) is 0 Å². The number of benzene rings is 3. The number of halogens is 1. The highest BCUT2D eigenvalue weighted by molar-refractivity contribution is 9.10. The lowest BCUT2D eigenvalue weighted by molar-refractivity contribution is 0.0934. The smallest absolute Gasteiger partial charge is 0.269 e. The van der Waals surface area contributed by atoms with Gasteiger partial charge in [0.1, 0.15) is 0 Å². The molecule has 9 heteroatoms. The number of hydrazine groups is 1. The fourth-order valence-corrected chi connectivity index (χ4v) is 3.34. The number of anilines is 1. The van der Waals surface area contributed by atoms with Crippen LogP contribution in [-0.4, -0.2) is 22.8 Å².